The molecule has 84 valence electrons. The average Bonchev–Trinajstić information content (AvgIpc) is 2.40. The van der Waals surface area contributed by atoms with Crippen LogP contribution >= 0.6 is 0 Å². The van der Waals surface area contributed by atoms with Crippen LogP contribution in [0.2, 0.25) is 0 Å². The third-order valence-corrected chi connectivity index (χ3v) is 3.47. The van der Waals surface area contributed by atoms with Crippen LogP contribution in [0.1, 0.15) is 11.1 Å². The summed E-state index contributed by atoms with van der Waals surface area (Å²) >= 11 is 0. The Morgan fingerprint density at radius 1 is 0.824 bits per heavy atom. The van der Waals surface area contributed by atoms with Crippen LogP contribution in [0, 0.1) is 0 Å². The molecule has 1 heterocycles. The van der Waals surface area contributed by atoms with E-state index >= 15 is 0 Å². The second-order valence-corrected chi connectivity index (χ2v) is 4.35. The topological polar surface area (TPSA) is 9.23 Å². The van der Waals surface area contributed by atoms with Gasteiger partial charge in [0.2, 0.25) is 0 Å². The average molecular weight is 222 g/mol. The first-order valence-electron chi connectivity index (χ1n) is 5.77. The highest BCUT2D eigenvalue weighted by molar-refractivity contribution is 5.49. The van der Waals surface area contributed by atoms with Crippen LogP contribution in [0.25, 0.3) is 0 Å². The largest absolute Gasteiger partial charge is 0.495 e. The van der Waals surface area contributed by atoms with Gasteiger partial charge in [0.25, 0.3) is 0 Å². The van der Waals surface area contributed by atoms with Crippen molar-refractivity contribution in [2.24, 2.45) is 0 Å². The molecule has 0 radical (unpaired) electrons. The SMILES string of the molecule is C=C1OCC1(c1ccccc1)c1ccccc1. The molecule has 0 bridgehead atoms. The van der Waals surface area contributed by atoms with Gasteiger partial charge in [-0.25, -0.2) is 0 Å². The summed E-state index contributed by atoms with van der Waals surface area (Å²) in [5.74, 6) is 0.842. The van der Waals surface area contributed by atoms with Crippen LogP contribution in [-0.4, -0.2) is 6.61 Å². The molecular formula is C16H14O. The van der Waals surface area contributed by atoms with Crippen LogP contribution < -0.4 is 0 Å². The highest BCUT2D eigenvalue weighted by Crippen LogP contribution is 2.46. The number of ether oxygens (including phenoxy) is 1. The van der Waals surface area contributed by atoms with E-state index in [4.69, 9.17) is 4.74 Å². The van der Waals surface area contributed by atoms with Gasteiger partial charge < -0.3 is 4.74 Å². The zero-order valence-electron chi connectivity index (χ0n) is 9.60. The highest BCUT2D eigenvalue weighted by atomic mass is 16.5. The Morgan fingerprint density at radius 3 is 1.59 bits per heavy atom. The van der Waals surface area contributed by atoms with Crippen molar-refractivity contribution >= 4 is 0 Å². The number of rotatable bonds is 2. The summed E-state index contributed by atoms with van der Waals surface area (Å²) < 4.78 is 5.46. The summed E-state index contributed by atoms with van der Waals surface area (Å²) in [7, 11) is 0. The van der Waals surface area contributed by atoms with E-state index in [0.717, 1.165) is 5.76 Å². The molecule has 2 aromatic carbocycles. The standard InChI is InChI=1S/C16H14O/c1-13-16(12-17-13,14-8-4-2-5-9-14)15-10-6-3-7-11-15/h2-11H,1,12H2. The third kappa shape index (κ3) is 1.39. The molecule has 1 fully saturated rings. The maximum atomic E-state index is 5.46. The monoisotopic (exact) mass is 222 g/mol. The molecule has 1 aliphatic heterocycles. The predicted molar refractivity (Wildman–Crippen MR) is 68.8 cm³/mol. The van der Waals surface area contributed by atoms with E-state index in [1.807, 2.05) is 12.1 Å². The maximum Gasteiger partial charge on any atom is 0.111 e. The molecule has 0 saturated carbocycles. The van der Waals surface area contributed by atoms with Gasteiger partial charge in [-0.15, -0.1) is 0 Å². The van der Waals surface area contributed by atoms with E-state index in [-0.39, 0.29) is 5.41 Å². The van der Waals surface area contributed by atoms with E-state index in [1.165, 1.54) is 11.1 Å². The molecule has 1 saturated heterocycles. The van der Waals surface area contributed by atoms with Crippen molar-refractivity contribution in [1.29, 1.82) is 0 Å². The van der Waals surface area contributed by atoms with Crippen LogP contribution in [0.4, 0.5) is 0 Å². The summed E-state index contributed by atoms with van der Waals surface area (Å²) in [4.78, 5) is 0. The zero-order chi connectivity index (χ0) is 11.7. The van der Waals surface area contributed by atoms with E-state index in [1.54, 1.807) is 0 Å². The van der Waals surface area contributed by atoms with Gasteiger partial charge in [-0.1, -0.05) is 67.2 Å². The molecule has 0 aliphatic carbocycles. The molecular weight excluding hydrogens is 208 g/mol. The molecule has 0 aromatic heterocycles. The first-order chi connectivity index (χ1) is 8.34. The molecule has 0 spiro atoms. The van der Waals surface area contributed by atoms with Crippen LogP contribution in [0.15, 0.2) is 73.0 Å². The van der Waals surface area contributed by atoms with E-state index < -0.39 is 0 Å². The molecule has 3 rings (SSSR count). The fourth-order valence-electron chi connectivity index (χ4n) is 2.42. The lowest BCUT2D eigenvalue weighted by atomic mass is 9.71. The molecule has 0 amide bonds. The predicted octanol–water partition coefficient (Wildman–Crippen LogP) is 3.52. The summed E-state index contributed by atoms with van der Waals surface area (Å²) in [6.07, 6.45) is 0. The van der Waals surface area contributed by atoms with Crippen molar-refractivity contribution in [3.8, 4) is 0 Å². The van der Waals surface area contributed by atoms with Gasteiger partial charge in [0.05, 0.1) is 0 Å². The lowest BCUT2D eigenvalue weighted by Crippen LogP contribution is -2.44. The van der Waals surface area contributed by atoms with Gasteiger partial charge >= 0.3 is 0 Å². The summed E-state index contributed by atoms with van der Waals surface area (Å²) in [6, 6.07) is 20.9. The zero-order valence-corrected chi connectivity index (χ0v) is 9.60. The van der Waals surface area contributed by atoms with Gasteiger partial charge in [-0.2, -0.15) is 0 Å². The van der Waals surface area contributed by atoms with E-state index in [9.17, 15) is 0 Å². The summed E-state index contributed by atoms with van der Waals surface area (Å²) in [6.45, 7) is 4.72. The quantitative estimate of drug-likeness (QED) is 0.755. The van der Waals surface area contributed by atoms with Crippen molar-refractivity contribution in [2.75, 3.05) is 6.61 Å². The second kappa shape index (κ2) is 3.77. The van der Waals surface area contributed by atoms with E-state index in [2.05, 4.69) is 55.1 Å². The Kier molecular flexibility index (Phi) is 2.25. The fourth-order valence-corrected chi connectivity index (χ4v) is 2.42. The number of hydrogen-bond acceptors (Lipinski definition) is 1. The number of hydrogen-bond donors (Lipinski definition) is 0. The van der Waals surface area contributed by atoms with Crippen molar-refractivity contribution < 1.29 is 4.74 Å². The lowest BCUT2D eigenvalue weighted by molar-refractivity contribution is 0.0439. The van der Waals surface area contributed by atoms with Crippen LogP contribution in [-0.2, 0) is 10.2 Å². The minimum absolute atomic E-state index is 0.150. The summed E-state index contributed by atoms with van der Waals surface area (Å²) in [5.41, 5.74) is 2.35. The van der Waals surface area contributed by atoms with Gasteiger partial charge in [0.1, 0.15) is 17.8 Å². The second-order valence-electron chi connectivity index (χ2n) is 4.35. The Hall–Kier alpha value is -2.02. The van der Waals surface area contributed by atoms with Gasteiger partial charge in [-0.3, -0.25) is 0 Å². The van der Waals surface area contributed by atoms with E-state index in [0.29, 0.717) is 6.61 Å². The van der Waals surface area contributed by atoms with Crippen LogP contribution in [0.3, 0.4) is 0 Å². The minimum atomic E-state index is -0.150. The molecule has 0 atom stereocenters. The van der Waals surface area contributed by atoms with Crippen molar-refractivity contribution in [3.63, 3.8) is 0 Å². The van der Waals surface area contributed by atoms with Crippen molar-refractivity contribution in [1.82, 2.24) is 0 Å². The number of benzene rings is 2. The molecule has 1 aliphatic rings. The highest BCUT2D eigenvalue weighted by Gasteiger charge is 2.46. The normalized spacial score (nSPS) is 17.1. The fraction of sp³-hybridized carbons (Fsp3) is 0.125. The van der Waals surface area contributed by atoms with Gasteiger partial charge in [-0.05, 0) is 11.1 Å². The molecule has 0 N–H and O–H groups in total. The Morgan fingerprint density at radius 2 is 1.29 bits per heavy atom. The van der Waals surface area contributed by atoms with Crippen LogP contribution in [0.5, 0.6) is 0 Å². The molecule has 17 heavy (non-hydrogen) atoms. The van der Waals surface area contributed by atoms with Gasteiger partial charge in [0.15, 0.2) is 0 Å². The Labute approximate surface area is 101 Å². The minimum Gasteiger partial charge on any atom is -0.495 e. The maximum absolute atomic E-state index is 5.46. The van der Waals surface area contributed by atoms with Crippen molar-refractivity contribution in [3.05, 3.63) is 84.1 Å². The molecule has 1 nitrogen and oxygen atoms in total. The molecule has 2 aromatic rings. The third-order valence-electron chi connectivity index (χ3n) is 3.47. The smallest absolute Gasteiger partial charge is 0.111 e. The Bertz CT molecular complexity index is 488. The summed E-state index contributed by atoms with van der Waals surface area (Å²) in [5, 5.41) is 0. The van der Waals surface area contributed by atoms with Gasteiger partial charge in [0, 0.05) is 0 Å². The lowest BCUT2D eigenvalue weighted by Gasteiger charge is -2.44. The molecule has 0 unspecified atom stereocenters. The first-order valence-corrected chi connectivity index (χ1v) is 5.77. The first kappa shape index (κ1) is 10.2. The molecule has 1 heteroatoms. The Balaban J connectivity index is 2.16. The van der Waals surface area contributed by atoms with Crippen molar-refractivity contribution in [2.45, 2.75) is 5.41 Å².